The Labute approximate surface area is 123 Å². The molecule has 0 atom stereocenters. The van der Waals surface area contributed by atoms with E-state index in [9.17, 15) is 18.3 Å². The van der Waals surface area contributed by atoms with Gasteiger partial charge in [0.25, 0.3) is 0 Å². The quantitative estimate of drug-likeness (QED) is 0.524. The van der Waals surface area contributed by atoms with Crippen molar-refractivity contribution in [3.63, 3.8) is 0 Å². The molecule has 7 nitrogen and oxygen atoms in total. The fourth-order valence-electron chi connectivity index (χ4n) is 2.22. The lowest BCUT2D eigenvalue weighted by Crippen LogP contribution is -2.38. The molecule has 8 heteroatoms. The number of hydrogen-bond donors (Lipinski definition) is 3. The van der Waals surface area contributed by atoms with Gasteiger partial charge in [0.15, 0.2) is 0 Å². The van der Waals surface area contributed by atoms with Crippen LogP contribution in [0.5, 0.6) is 0 Å². The van der Waals surface area contributed by atoms with Crippen LogP contribution in [0.15, 0.2) is 23.1 Å². The predicted molar refractivity (Wildman–Crippen MR) is 76.1 cm³/mol. The summed E-state index contributed by atoms with van der Waals surface area (Å²) in [5.74, 6) is -0.646. The van der Waals surface area contributed by atoms with Gasteiger partial charge in [-0.1, -0.05) is 0 Å². The van der Waals surface area contributed by atoms with Crippen LogP contribution in [0.4, 0.5) is 5.69 Å². The van der Waals surface area contributed by atoms with Crippen LogP contribution in [0.2, 0.25) is 0 Å². The molecular formula is C13H18N2O5S. The van der Waals surface area contributed by atoms with E-state index in [1.165, 1.54) is 25.3 Å². The minimum Gasteiger partial charge on any atom is -0.465 e. The standard InChI is InChI=1S/C13H18N2O5S/c1-20-13(17)11-6-9(14)2-3-12(11)21(18,19)15-7-8-4-10(16)5-8/h2-3,6,8,10,15-16H,4-5,7,14H2,1H3. The first-order valence-electron chi connectivity index (χ1n) is 6.49. The Hall–Kier alpha value is -1.64. The minimum absolute atomic E-state index is 0.0985. The highest BCUT2D eigenvalue weighted by Gasteiger charge is 2.29. The molecule has 2 rings (SSSR count). The third-order valence-corrected chi connectivity index (χ3v) is 4.95. The van der Waals surface area contributed by atoms with Crippen molar-refractivity contribution in [3.05, 3.63) is 23.8 Å². The van der Waals surface area contributed by atoms with Crippen LogP contribution in [0.3, 0.4) is 0 Å². The van der Waals surface area contributed by atoms with Crippen molar-refractivity contribution in [2.75, 3.05) is 19.4 Å². The number of aliphatic hydroxyl groups is 1. The maximum absolute atomic E-state index is 12.3. The van der Waals surface area contributed by atoms with Gasteiger partial charge in [0.2, 0.25) is 10.0 Å². The number of carbonyl (C=O) groups is 1. The van der Waals surface area contributed by atoms with E-state index in [2.05, 4.69) is 9.46 Å². The largest absolute Gasteiger partial charge is 0.465 e. The Morgan fingerprint density at radius 3 is 2.71 bits per heavy atom. The molecule has 0 aliphatic heterocycles. The summed E-state index contributed by atoms with van der Waals surface area (Å²) in [5.41, 5.74) is 5.76. The lowest BCUT2D eigenvalue weighted by molar-refractivity contribution is 0.0453. The van der Waals surface area contributed by atoms with E-state index in [-0.39, 0.29) is 34.7 Å². The number of carbonyl (C=O) groups excluding carboxylic acids is 1. The minimum atomic E-state index is -3.84. The van der Waals surface area contributed by atoms with E-state index in [1.807, 2.05) is 0 Å². The smallest absolute Gasteiger partial charge is 0.339 e. The van der Waals surface area contributed by atoms with Gasteiger partial charge >= 0.3 is 5.97 Å². The van der Waals surface area contributed by atoms with Gasteiger partial charge in [-0.05, 0) is 37.0 Å². The number of esters is 1. The molecule has 1 aliphatic rings. The van der Waals surface area contributed by atoms with Crippen LogP contribution in [0, 0.1) is 5.92 Å². The van der Waals surface area contributed by atoms with Gasteiger partial charge in [0.1, 0.15) is 0 Å². The molecule has 0 radical (unpaired) electrons. The Kier molecular flexibility index (Phi) is 4.50. The molecule has 1 aliphatic carbocycles. The van der Waals surface area contributed by atoms with Crippen molar-refractivity contribution in [2.24, 2.45) is 5.92 Å². The van der Waals surface area contributed by atoms with Crippen LogP contribution in [-0.2, 0) is 14.8 Å². The Morgan fingerprint density at radius 1 is 1.48 bits per heavy atom. The number of sulfonamides is 1. The number of methoxy groups -OCH3 is 1. The average molecular weight is 314 g/mol. The van der Waals surface area contributed by atoms with E-state index in [4.69, 9.17) is 5.73 Å². The molecule has 0 saturated heterocycles. The highest BCUT2D eigenvalue weighted by atomic mass is 32.2. The highest BCUT2D eigenvalue weighted by molar-refractivity contribution is 7.89. The number of rotatable bonds is 5. The first-order chi connectivity index (χ1) is 9.83. The monoisotopic (exact) mass is 314 g/mol. The fraction of sp³-hybridized carbons (Fsp3) is 0.462. The molecule has 0 heterocycles. The van der Waals surface area contributed by atoms with Gasteiger partial charge in [-0.25, -0.2) is 17.9 Å². The summed E-state index contributed by atoms with van der Waals surface area (Å²) < 4.78 is 31.6. The number of nitrogens with two attached hydrogens (primary N) is 1. The average Bonchev–Trinajstić information content (AvgIpc) is 2.41. The number of anilines is 1. The number of aliphatic hydroxyl groups excluding tert-OH is 1. The summed E-state index contributed by atoms with van der Waals surface area (Å²) in [5, 5.41) is 9.19. The zero-order valence-corrected chi connectivity index (χ0v) is 12.4. The van der Waals surface area contributed by atoms with Gasteiger partial charge in [-0.15, -0.1) is 0 Å². The number of ether oxygens (including phenoxy) is 1. The third-order valence-electron chi connectivity index (χ3n) is 3.47. The second-order valence-corrected chi connectivity index (χ2v) is 6.83. The summed E-state index contributed by atoms with van der Waals surface area (Å²) in [7, 11) is -2.67. The van der Waals surface area contributed by atoms with Gasteiger partial charge in [0.05, 0.1) is 23.7 Å². The molecule has 1 aromatic rings. The van der Waals surface area contributed by atoms with E-state index in [1.54, 1.807) is 0 Å². The Balaban J connectivity index is 2.20. The Bertz CT molecular complexity index is 638. The lowest BCUT2D eigenvalue weighted by atomic mass is 9.83. The van der Waals surface area contributed by atoms with Gasteiger partial charge in [-0.3, -0.25) is 0 Å². The van der Waals surface area contributed by atoms with Crippen LogP contribution >= 0.6 is 0 Å². The number of nitrogen functional groups attached to an aromatic ring is 1. The molecule has 21 heavy (non-hydrogen) atoms. The SMILES string of the molecule is COC(=O)c1cc(N)ccc1S(=O)(=O)NCC1CC(O)C1. The van der Waals surface area contributed by atoms with Gasteiger partial charge in [0, 0.05) is 12.2 Å². The summed E-state index contributed by atoms with van der Waals surface area (Å²) in [4.78, 5) is 11.5. The van der Waals surface area contributed by atoms with Crippen molar-refractivity contribution in [3.8, 4) is 0 Å². The summed E-state index contributed by atoms with van der Waals surface area (Å²) in [6, 6.07) is 3.96. The topological polar surface area (TPSA) is 119 Å². The number of nitrogens with one attached hydrogen (secondary N) is 1. The maximum atomic E-state index is 12.3. The molecular weight excluding hydrogens is 296 g/mol. The molecule has 0 unspecified atom stereocenters. The first-order valence-corrected chi connectivity index (χ1v) is 7.97. The molecule has 1 saturated carbocycles. The van der Waals surface area contributed by atoms with Crippen LogP contribution < -0.4 is 10.5 Å². The molecule has 1 fully saturated rings. The first kappa shape index (κ1) is 15.7. The van der Waals surface area contributed by atoms with E-state index in [0.717, 1.165) is 0 Å². The predicted octanol–water partition coefficient (Wildman–Crippen LogP) is 0.105. The van der Waals surface area contributed by atoms with Crippen molar-refractivity contribution in [2.45, 2.75) is 23.8 Å². The maximum Gasteiger partial charge on any atom is 0.339 e. The highest BCUT2D eigenvalue weighted by Crippen LogP contribution is 2.27. The van der Waals surface area contributed by atoms with E-state index in [0.29, 0.717) is 12.8 Å². The van der Waals surface area contributed by atoms with Crippen molar-refractivity contribution in [1.82, 2.24) is 4.72 Å². The summed E-state index contributed by atoms with van der Waals surface area (Å²) in [6.07, 6.45) is 0.809. The third kappa shape index (κ3) is 3.52. The van der Waals surface area contributed by atoms with Crippen LogP contribution in [-0.4, -0.2) is 39.3 Å². The fourth-order valence-corrected chi connectivity index (χ4v) is 3.51. The normalized spacial score (nSPS) is 21.6. The Morgan fingerprint density at radius 2 is 2.14 bits per heavy atom. The summed E-state index contributed by atoms with van der Waals surface area (Å²) >= 11 is 0. The molecule has 116 valence electrons. The van der Waals surface area contributed by atoms with Crippen molar-refractivity contribution < 1.29 is 23.1 Å². The molecule has 0 aromatic heterocycles. The zero-order chi connectivity index (χ0) is 15.6. The van der Waals surface area contributed by atoms with Crippen molar-refractivity contribution >= 4 is 21.7 Å². The molecule has 4 N–H and O–H groups in total. The van der Waals surface area contributed by atoms with Gasteiger partial charge in [-0.2, -0.15) is 0 Å². The molecule has 1 aromatic carbocycles. The molecule has 0 bridgehead atoms. The van der Waals surface area contributed by atoms with E-state index < -0.39 is 16.0 Å². The van der Waals surface area contributed by atoms with Crippen LogP contribution in [0.1, 0.15) is 23.2 Å². The summed E-state index contributed by atoms with van der Waals surface area (Å²) in [6.45, 7) is 0.227. The second-order valence-electron chi connectivity index (χ2n) is 5.09. The van der Waals surface area contributed by atoms with Crippen LogP contribution in [0.25, 0.3) is 0 Å². The van der Waals surface area contributed by atoms with E-state index >= 15 is 0 Å². The van der Waals surface area contributed by atoms with Crippen molar-refractivity contribution in [1.29, 1.82) is 0 Å². The second kappa shape index (κ2) is 6.00. The lowest BCUT2D eigenvalue weighted by Gasteiger charge is -2.31. The zero-order valence-electron chi connectivity index (χ0n) is 11.6. The number of benzene rings is 1. The molecule has 0 amide bonds. The van der Waals surface area contributed by atoms with Gasteiger partial charge < -0.3 is 15.6 Å². The number of hydrogen-bond acceptors (Lipinski definition) is 6. The molecule has 0 spiro atoms.